The predicted molar refractivity (Wildman–Crippen MR) is 97.5 cm³/mol. The molecule has 1 aromatic carbocycles. The van der Waals surface area contributed by atoms with Gasteiger partial charge in [-0.15, -0.1) is 0 Å². The van der Waals surface area contributed by atoms with E-state index in [0.29, 0.717) is 23.7 Å². The van der Waals surface area contributed by atoms with Gasteiger partial charge >= 0.3 is 0 Å². The van der Waals surface area contributed by atoms with Crippen LogP contribution in [0.1, 0.15) is 37.7 Å². The summed E-state index contributed by atoms with van der Waals surface area (Å²) in [5.74, 6) is 0.730. The van der Waals surface area contributed by atoms with E-state index in [1.807, 2.05) is 18.2 Å². The van der Waals surface area contributed by atoms with Crippen LogP contribution in [0.5, 0.6) is 5.75 Å². The zero-order valence-corrected chi connectivity index (χ0v) is 14.8. The molecular weight excluding hydrogens is 324 g/mol. The first-order chi connectivity index (χ1) is 11.7. The van der Waals surface area contributed by atoms with Crippen molar-refractivity contribution >= 4 is 23.6 Å². The smallest absolute Gasteiger partial charge is 0.250 e. The number of halogens is 1. The van der Waals surface area contributed by atoms with Gasteiger partial charge in [0.2, 0.25) is 0 Å². The topological polar surface area (TPSA) is 41.6 Å². The number of carbonyl (C=O) groups is 1. The largest absolute Gasteiger partial charge is 0.488 e. The van der Waals surface area contributed by atoms with Gasteiger partial charge in [0.25, 0.3) is 5.91 Å². The SMILES string of the molecule is O=C(NCCCN1CCCCCC1)C1=Cc2cc(Cl)ccc2OC1. The van der Waals surface area contributed by atoms with Crippen LogP contribution in [0, 0.1) is 0 Å². The van der Waals surface area contributed by atoms with Crippen molar-refractivity contribution in [3.63, 3.8) is 0 Å². The minimum Gasteiger partial charge on any atom is -0.488 e. The van der Waals surface area contributed by atoms with Crippen molar-refractivity contribution in [3.05, 3.63) is 34.4 Å². The number of benzene rings is 1. The van der Waals surface area contributed by atoms with E-state index in [1.165, 1.54) is 38.8 Å². The lowest BCUT2D eigenvalue weighted by Crippen LogP contribution is -2.32. The third-order valence-corrected chi connectivity index (χ3v) is 4.85. The highest BCUT2D eigenvalue weighted by Gasteiger charge is 2.17. The summed E-state index contributed by atoms with van der Waals surface area (Å²) in [4.78, 5) is 14.8. The molecular formula is C19H25ClN2O2. The molecule has 0 spiro atoms. The second-order valence-corrected chi connectivity index (χ2v) is 6.94. The van der Waals surface area contributed by atoms with Crippen molar-refractivity contribution < 1.29 is 9.53 Å². The maximum atomic E-state index is 12.3. The van der Waals surface area contributed by atoms with Gasteiger partial charge in [-0.2, -0.15) is 0 Å². The molecule has 1 amide bonds. The number of hydrogen-bond acceptors (Lipinski definition) is 3. The third kappa shape index (κ3) is 4.74. The van der Waals surface area contributed by atoms with E-state index in [2.05, 4.69) is 10.2 Å². The summed E-state index contributed by atoms with van der Waals surface area (Å²) in [6.45, 7) is 4.48. The quantitative estimate of drug-likeness (QED) is 0.828. The van der Waals surface area contributed by atoms with Gasteiger partial charge < -0.3 is 15.0 Å². The maximum Gasteiger partial charge on any atom is 0.250 e. The van der Waals surface area contributed by atoms with Crippen LogP contribution in [0.25, 0.3) is 6.08 Å². The summed E-state index contributed by atoms with van der Waals surface area (Å²) in [7, 11) is 0. The number of fused-ring (bicyclic) bond motifs is 1. The second kappa shape index (κ2) is 8.54. The lowest BCUT2D eigenvalue weighted by molar-refractivity contribution is -0.117. The fourth-order valence-corrected chi connectivity index (χ4v) is 3.44. The van der Waals surface area contributed by atoms with Gasteiger partial charge in [-0.1, -0.05) is 24.4 Å². The zero-order valence-electron chi connectivity index (χ0n) is 14.0. The Morgan fingerprint density at radius 2 is 2.00 bits per heavy atom. The highest BCUT2D eigenvalue weighted by Crippen LogP contribution is 2.28. The van der Waals surface area contributed by atoms with Crippen molar-refractivity contribution in [2.75, 3.05) is 32.8 Å². The van der Waals surface area contributed by atoms with Crippen molar-refractivity contribution in [2.45, 2.75) is 32.1 Å². The molecule has 2 aliphatic heterocycles. The average Bonchev–Trinajstić information content (AvgIpc) is 2.86. The molecule has 0 radical (unpaired) electrons. The molecule has 1 fully saturated rings. The standard InChI is InChI=1S/C19H25ClN2O2/c20-17-6-7-18-15(13-17)12-16(14-24-18)19(23)21-8-5-11-22-9-3-1-2-4-10-22/h6-7,12-13H,1-5,8-11,14H2,(H,21,23). The number of nitrogens with one attached hydrogen (secondary N) is 1. The summed E-state index contributed by atoms with van der Waals surface area (Å²) >= 11 is 6.00. The molecule has 3 rings (SSSR count). The molecule has 1 saturated heterocycles. The highest BCUT2D eigenvalue weighted by molar-refractivity contribution is 6.30. The maximum absolute atomic E-state index is 12.3. The first-order valence-electron chi connectivity index (χ1n) is 8.86. The van der Waals surface area contributed by atoms with E-state index in [9.17, 15) is 4.79 Å². The Morgan fingerprint density at radius 1 is 1.21 bits per heavy atom. The monoisotopic (exact) mass is 348 g/mol. The summed E-state index contributed by atoms with van der Waals surface area (Å²) in [6, 6.07) is 5.45. The van der Waals surface area contributed by atoms with E-state index in [0.717, 1.165) is 24.3 Å². The minimum atomic E-state index is -0.0449. The van der Waals surface area contributed by atoms with Crippen LogP contribution >= 0.6 is 11.6 Å². The summed E-state index contributed by atoms with van der Waals surface area (Å²) < 4.78 is 5.63. The Hall–Kier alpha value is -1.52. The molecule has 0 aromatic heterocycles. The van der Waals surface area contributed by atoms with Crippen LogP contribution in [0.2, 0.25) is 5.02 Å². The molecule has 1 aromatic rings. The van der Waals surface area contributed by atoms with Crippen LogP contribution in [-0.4, -0.2) is 43.6 Å². The van der Waals surface area contributed by atoms with Gasteiger partial charge in [-0.3, -0.25) is 4.79 Å². The van der Waals surface area contributed by atoms with Gasteiger partial charge in [0, 0.05) is 17.1 Å². The van der Waals surface area contributed by atoms with Gasteiger partial charge in [0.05, 0.1) is 5.57 Å². The molecule has 0 unspecified atom stereocenters. The van der Waals surface area contributed by atoms with E-state index in [1.54, 1.807) is 6.07 Å². The summed E-state index contributed by atoms with van der Waals surface area (Å²) in [6.07, 6.45) is 8.17. The predicted octanol–water partition coefficient (Wildman–Crippen LogP) is 3.50. The van der Waals surface area contributed by atoms with Gasteiger partial charge in [0.1, 0.15) is 12.4 Å². The normalized spacial score (nSPS) is 18.1. The van der Waals surface area contributed by atoms with Gasteiger partial charge in [0.15, 0.2) is 0 Å². The second-order valence-electron chi connectivity index (χ2n) is 6.51. The molecule has 0 aliphatic carbocycles. The van der Waals surface area contributed by atoms with Crippen LogP contribution < -0.4 is 10.1 Å². The average molecular weight is 349 g/mol. The molecule has 0 atom stereocenters. The van der Waals surface area contributed by atoms with Crippen LogP contribution in [0.4, 0.5) is 0 Å². The number of amides is 1. The lowest BCUT2D eigenvalue weighted by Gasteiger charge is -2.20. The lowest BCUT2D eigenvalue weighted by atomic mass is 10.1. The molecule has 5 heteroatoms. The molecule has 2 heterocycles. The number of rotatable bonds is 5. The van der Waals surface area contributed by atoms with Gasteiger partial charge in [-0.25, -0.2) is 0 Å². The van der Waals surface area contributed by atoms with Crippen molar-refractivity contribution in [3.8, 4) is 5.75 Å². The molecule has 24 heavy (non-hydrogen) atoms. The number of nitrogens with zero attached hydrogens (tertiary/aromatic N) is 1. The number of likely N-dealkylation sites (tertiary alicyclic amines) is 1. The fourth-order valence-electron chi connectivity index (χ4n) is 3.26. The van der Waals surface area contributed by atoms with E-state index in [4.69, 9.17) is 16.3 Å². The first-order valence-corrected chi connectivity index (χ1v) is 9.24. The van der Waals surface area contributed by atoms with E-state index in [-0.39, 0.29) is 5.91 Å². The van der Waals surface area contributed by atoms with Crippen molar-refractivity contribution in [1.29, 1.82) is 0 Å². The van der Waals surface area contributed by atoms with E-state index >= 15 is 0 Å². The Labute approximate surface area is 148 Å². The molecule has 130 valence electrons. The number of carbonyl (C=O) groups excluding carboxylic acids is 1. The molecule has 1 N–H and O–H groups in total. The van der Waals surface area contributed by atoms with Crippen molar-refractivity contribution in [2.24, 2.45) is 0 Å². The van der Waals surface area contributed by atoms with Gasteiger partial charge in [-0.05, 0) is 63.2 Å². The zero-order chi connectivity index (χ0) is 16.8. The van der Waals surface area contributed by atoms with Crippen LogP contribution in [0.3, 0.4) is 0 Å². The van der Waals surface area contributed by atoms with Crippen molar-refractivity contribution in [1.82, 2.24) is 10.2 Å². The third-order valence-electron chi connectivity index (χ3n) is 4.61. The van der Waals surface area contributed by atoms with Crippen LogP contribution in [0.15, 0.2) is 23.8 Å². The number of ether oxygens (including phenoxy) is 1. The first kappa shape index (κ1) is 17.3. The van der Waals surface area contributed by atoms with Crippen LogP contribution in [-0.2, 0) is 4.79 Å². The number of hydrogen-bond donors (Lipinski definition) is 1. The minimum absolute atomic E-state index is 0.0449. The summed E-state index contributed by atoms with van der Waals surface area (Å²) in [5.41, 5.74) is 1.52. The fraction of sp³-hybridized carbons (Fsp3) is 0.526. The molecule has 4 nitrogen and oxygen atoms in total. The Balaban J connectivity index is 1.45. The Bertz CT molecular complexity index is 607. The summed E-state index contributed by atoms with van der Waals surface area (Å²) in [5, 5.41) is 3.65. The molecule has 0 bridgehead atoms. The Kier molecular flexibility index (Phi) is 6.16. The highest BCUT2D eigenvalue weighted by atomic mass is 35.5. The molecule has 0 saturated carbocycles. The van der Waals surface area contributed by atoms with E-state index < -0.39 is 0 Å². The molecule has 2 aliphatic rings. The Morgan fingerprint density at radius 3 is 2.79 bits per heavy atom.